The summed E-state index contributed by atoms with van der Waals surface area (Å²) >= 11 is 0. The zero-order chi connectivity index (χ0) is 26.7. The van der Waals surface area contributed by atoms with Gasteiger partial charge in [0.15, 0.2) is 17.5 Å². The number of nitrogens with one attached hydrogen (secondary N) is 1. The lowest BCUT2D eigenvalue weighted by atomic mass is 9.78. The summed E-state index contributed by atoms with van der Waals surface area (Å²) in [7, 11) is 0. The molecule has 2 aliphatic carbocycles. The number of carbonyl (C=O) groups is 1. The van der Waals surface area contributed by atoms with E-state index >= 15 is 0 Å². The third kappa shape index (κ3) is 7.33. The molecule has 1 aliphatic heterocycles. The van der Waals surface area contributed by atoms with E-state index in [4.69, 9.17) is 25.1 Å². The van der Waals surface area contributed by atoms with Gasteiger partial charge in [0, 0.05) is 43.6 Å². The molecule has 1 fully saturated rings. The van der Waals surface area contributed by atoms with Crippen LogP contribution in [-0.2, 0) is 14.3 Å². The smallest absolute Gasteiger partial charge is 0.252 e. The molecule has 0 aromatic rings. The average molecular weight is 520 g/mol. The Morgan fingerprint density at radius 1 is 1.32 bits per heavy atom. The van der Waals surface area contributed by atoms with E-state index < -0.39 is 24.4 Å². The monoisotopic (exact) mass is 519 g/mol. The summed E-state index contributed by atoms with van der Waals surface area (Å²) in [5.74, 6) is 0.217. The second kappa shape index (κ2) is 14.5. The topological polar surface area (TPSA) is 169 Å². The van der Waals surface area contributed by atoms with Gasteiger partial charge >= 0.3 is 0 Å². The second-order valence-corrected chi connectivity index (χ2v) is 10.1. The quantitative estimate of drug-likeness (QED) is 0.0904. The minimum atomic E-state index is -1.30. The van der Waals surface area contributed by atoms with Gasteiger partial charge in [0.1, 0.15) is 0 Å². The van der Waals surface area contributed by atoms with E-state index in [1.165, 1.54) is 0 Å². The van der Waals surface area contributed by atoms with Crippen molar-refractivity contribution in [2.75, 3.05) is 32.9 Å². The normalized spacial score (nSPS) is 28.6. The molecule has 1 saturated carbocycles. The van der Waals surface area contributed by atoms with E-state index in [1.807, 2.05) is 0 Å². The van der Waals surface area contributed by atoms with E-state index in [1.54, 1.807) is 6.08 Å². The average Bonchev–Trinajstić information content (AvgIpc) is 3.31. The third-order valence-corrected chi connectivity index (χ3v) is 7.49. The highest BCUT2D eigenvalue weighted by Gasteiger charge is 2.54. The third-order valence-electron chi connectivity index (χ3n) is 7.49. The number of aliphatic imine (C=N–C) groups is 1. The van der Waals surface area contributed by atoms with Gasteiger partial charge in [-0.1, -0.05) is 16.8 Å². The van der Waals surface area contributed by atoms with Gasteiger partial charge in [0.05, 0.1) is 18.8 Å². The molecule has 0 bridgehead atoms. The van der Waals surface area contributed by atoms with Gasteiger partial charge in [0.25, 0.3) is 5.91 Å². The Hall–Kier alpha value is -2.43. The number of ether oxygens (including phenoxy) is 2. The molecule has 0 spiro atoms. The lowest BCUT2D eigenvalue weighted by Crippen LogP contribution is -2.54. The molecule has 4 N–H and O–H groups in total. The van der Waals surface area contributed by atoms with Crippen LogP contribution in [-0.4, -0.2) is 83.9 Å². The van der Waals surface area contributed by atoms with Crippen molar-refractivity contribution >= 4 is 11.8 Å². The zero-order valence-electron chi connectivity index (χ0n) is 21.6. The largest absolute Gasteiger partial charge is 0.470 e. The molecule has 37 heavy (non-hydrogen) atoms. The molecule has 1 unspecified atom stereocenters. The fraction of sp³-hybridized carbons (Fsp3) is 0.769. The highest BCUT2D eigenvalue weighted by Crippen LogP contribution is 2.43. The highest BCUT2D eigenvalue weighted by atomic mass is 16.5. The van der Waals surface area contributed by atoms with Gasteiger partial charge in [0.2, 0.25) is 0 Å². The van der Waals surface area contributed by atoms with Crippen LogP contribution in [0, 0.1) is 5.92 Å². The standard InChI is InChI=1S/C26H41N5O6/c1-2-12-26(25(35)28-16-20(34)17-33)23(22-7-4-3-6-19(22)15-29-31-27)37-24(30-26)18-8-10-21(11-9-18)36-14-5-13-32/h2,18,20-21,23,32-34H,1,3-17H2,(H,28,35)/t18?,20?,21?,23-,26-/m1/s1. The fourth-order valence-corrected chi connectivity index (χ4v) is 5.51. The van der Waals surface area contributed by atoms with Crippen LogP contribution in [0.25, 0.3) is 10.4 Å². The Morgan fingerprint density at radius 2 is 2.08 bits per heavy atom. The first kappa shape index (κ1) is 29.1. The van der Waals surface area contributed by atoms with Crippen molar-refractivity contribution in [3.8, 4) is 0 Å². The molecular formula is C26H41N5O6. The van der Waals surface area contributed by atoms with Crippen molar-refractivity contribution in [2.45, 2.75) is 88.1 Å². The van der Waals surface area contributed by atoms with Crippen molar-refractivity contribution in [2.24, 2.45) is 16.0 Å². The van der Waals surface area contributed by atoms with Crippen LogP contribution < -0.4 is 5.32 Å². The van der Waals surface area contributed by atoms with Crippen LogP contribution in [0.3, 0.4) is 0 Å². The molecule has 1 heterocycles. The number of azide groups is 1. The first-order valence-corrected chi connectivity index (χ1v) is 13.4. The number of carbonyl (C=O) groups excluding carboxylic acids is 1. The number of hydrogen-bond donors (Lipinski definition) is 4. The van der Waals surface area contributed by atoms with Gasteiger partial charge in [-0.05, 0) is 68.9 Å². The first-order valence-electron chi connectivity index (χ1n) is 13.4. The number of nitrogens with zero attached hydrogens (tertiary/aromatic N) is 4. The molecule has 0 aromatic carbocycles. The molecule has 11 heteroatoms. The van der Waals surface area contributed by atoms with Crippen molar-refractivity contribution < 1.29 is 29.6 Å². The first-order chi connectivity index (χ1) is 18.0. The minimum Gasteiger partial charge on any atom is -0.470 e. The summed E-state index contributed by atoms with van der Waals surface area (Å²) in [4.78, 5) is 21.6. The van der Waals surface area contributed by atoms with Crippen LogP contribution in [0.1, 0.15) is 64.2 Å². The molecule has 0 saturated heterocycles. The number of aliphatic hydroxyl groups excluding tert-OH is 3. The number of amides is 1. The van der Waals surface area contributed by atoms with Gasteiger partial charge in [-0.25, -0.2) is 4.99 Å². The Morgan fingerprint density at radius 3 is 2.76 bits per heavy atom. The van der Waals surface area contributed by atoms with E-state index in [9.17, 15) is 15.0 Å². The lowest BCUT2D eigenvalue weighted by Gasteiger charge is -2.34. The maximum atomic E-state index is 13.7. The van der Waals surface area contributed by atoms with E-state index in [0.29, 0.717) is 18.9 Å². The Bertz CT molecular complexity index is 894. The fourth-order valence-electron chi connectivity index (χ4n) is 5.51. The zero-order valence-corrected chi connectivity index (χ0v) is 21.6. The second-order valence-electron chi connectivity index (χ2n) is 10.1. The Balaban J connectivity index is 1.90. The molecule has 0 aromatic heterocycles. The Kier molecular flexibility index (Phi) is 11.4. The van der Waals surface area contributed by atoms with Crippen LogP contribution in [0.5, 0.6) is 0 Å². The molecule has 1 amide bonds. The molecule has 3 aliphatic rings. The summed E-state index contributed by atoms with van der Waals surface area (Å²) in [6.07, 6.45) is 7.65. The van der Waals surface area contributed by atoms with Gasteiger partial charge in [-0.2, -0.15) is 0 Å². The molecule has 3 atom stereocenters. The van der Waals surface area contributed by atoms with Crippen molar-refractivity contribution in [3.63, 3.8) is 0 Å². The summed E-state index contributed by atoms with van der Waals surface area (Å²) in [5.41, 5.74) is 9.56. The van der Waals surface area contributed by atoms with E-state index in [2.05, 4.69) is 21.9 Å². The summed E-state index contributed by atoms with van der Waals surface area (Å²) < 4.78 is 12.4. The van der Waals surface area contributed by atoms with Gasteiger partial charge in [-0.15, -0.1) is 6.58 Å². The molecule has 11 nitrogen and oxygen atoms in total. The van der Waals surface area contributed by atoms with Crippen molar-refractivity contribution in [1.29, 1.82) is 0 Å². The summed E-state index contributed by atoms with van der Waals surface area (Å²) in [5, 5.41) is 34.6. The van der Waals surface area contributed by atoms with E-state index in [0.717, 1.165) is 62.5 Å². The predicted molar refractivity (Wildman–Crippen MR) is 139 cm³/mol. The van der Waals surface area contributed by atoms with Gasteiger partial charge < -0.3 is 30.1 Å². The van der Waals surface area contributed by atoms with Crippen molar-refractivity contribution in [1.82, 2.24) is 5.32 Å². The van der Waals surface area contributed by atoms with Gasteiger partial charge in [-0.3, -0.25) is 4.79 Å². The molecule has 3 rings (SSSR count). The minimum absolute atomic E-state index is 0.0486. The summed E-state index contributed by atoms with van der Waals surface area (Å²) in [6.45, 7) is 4.19. The maximum absolute atomic E-state index is 13.7. The van der Waals surface area contributed by atoms with Crippen LogP contribution in [0.2, 0.25) is 0 Å². The number of rotatable bonds is 14. The molecule has 0 radical (unpaired) electrons. The van der Waals surface area contributed by atoms with Crippen LogP contribution in [0.15, 0.2) is 33.9 Å². The van der Waals surface area contributed by atoms with E-state index in [-0.39, 0.29) is 44.0 Å². The predicted octanol–water partition coefficient (Wildman–Crippen LogP) is 2.71. The molecular weight excluding hydrogens is 478 g/mol. The Labute approximate surface area is 218 Å². The molecule has 206 valence electrons. The summed E-state index contributed by atoms with van der Waals surface area (Å²) in [6, 6.07) is 0. The maximum Gasteiger partial charge on any atom is 0.252 e. The SMILES string of the molecule is C=CC[C@@]1(C(=O)NCC(O)CO)N=C(C2CCC(OCCCO)CC2)O[C@@H]1C1=C(CN=[N+]=[N-])CCCC1. The number of aliphatic hydroxyl groups is 3. The lowest BCUT2D eigenvalue weighted by molar-refractivity contribution is -0.128. The van der Waals surface area contributed by atoms with Crippen LogP contribution >= 0.6 is 0 Å². The highest BCUT2D eigenvalue weighted by molar-refractivity contribution is 5.95. The van der Waals surface area contributed by atoms with Crippen molar-refractivity contribution in [3.05, 3.63) is 34.2 Å². The van der Waals surface area contributed by atoms with Crippen LogP contribution in [0.4, 0.5) is 0 Å². The number of hydrogen-bond acceptors (Lipinski definition) is 8.